The van der Waals surface area contributed by atoms with Gasteiger partial charge in [0.1, 0.15) is 6.07 Å². The Hall–Kier alpha value is -1.89. The summed E-state index contributed by atoms with van der Waals surface area (Å²) in [6.07, 6.45) is 1.69. The predicted octanol–water partition coefficient (Wildman–Crippen LogP) is 1.37. The lowest BCUT2D eigenvalue weighted by Crippen LogP contribution is -2.10. The number of nitrogens with zero attached hydrogens (tertiary/aromatic N) is 2. The van der Waals surface area contributed by atoms with Crippen molar-refractivity contribution in [2.24, 2.45) is 0 Å². The van der Waals surface area contributed by atoms with E-state index in [1.807, 2.05) is 13.0 Å². The van der Waals surface area contributed by atoms with Crippen molar-refractivity contribution in [3.8, 4) is 6.07 Å². The molecule has 78 valence electrons. The van der Waals surface area contributed by atoms with Crippen LogP contribution in [0.25, 0.3) is 0 Å². The van der Waals surface area contributed by atoms with Crippen LogP contribution in [-0.4, -0.2) is 17.6 Å². The lowest BCUT2D eigenvalue weighted by molar-refractivity contribution is -0.142. The Bertz CT molecular complexity index is 408. The minimum Gasteiger partial charge on any atom is -0.466 e. The molecule has 0 aliphatic carbocycles. The molecule has 1 aromatic heterocycles. The number of hydrogen-bond acceptors (Lipinski definition) is 4. The highest BCUT2D eigenvalue weighted by Crippen LogP contribution is 2.08. The number of aryl methyl sites for hydroxylation is 1. The SMILES string of the molecule is CCOC(=O)Cc1ncc(C)cc1C#N. The normalized spacial score (nSPS) is 9.40. The molecule has 0 radical (unpaired) electrons. The Balaban J connectivity index is 2.86. The lowest BCUT2D eigenvalue weighted by atomic mass is 10.1. The van der Waals surface area contributed by atoms with Crippen molar-refractivity contribution in [2.45, 2.75) is 20.3 Å². The molecule has 1 rings (SSSR count). The van der Waals surface area contributed by atoms with Crippen LogP contribution in [0, 0.1) is 18.3 Å². The Morgan fingerprint density at radius 2 is 2.40 bits per heavy atom. The van der Waals surface area contributed by atoms with E-state index in [2.05, 4.69) is 4.98 Å². The number of carbonyl (C=O) groups is 1. The van der Waals surface area contributed by atoms with Crippen molar-refractivity contribution in [1.29, 1.82) is 5.26 Å². The molecule has 0 unspecified atom stereocenters. The third kappa shape index (κ3) is 3.06. The van der Waals surface area contributed by atoms with Crippen LogP contribution in [0.1, 0.15) is 23.7 Å². The first-order valence-corrected chi connectivity index (χ1v) is 4.68. The van der Waals surface area contributed by atoms with Crippen LogP contribution in [0.4, 0.5) is 0 Å². The second kappa shape index (κ2) is 5.11. The predicted molar refractivity (Wildman–Crippen MR) is 54.0 cm³/mol. The van der Waals surface area contributed by atoms with Crippen LogP contribution < -0.4 is 0 Å². The molecule has 0 aromatic carbocycles. The molecule has 0 fully saturated rings. The van der Waals surface area contributed by atoms with Crippen LogP contribution in [0.15, 0.2) is 12.3 Å². The molecule has 0 spiro atoms. The van der Waals surface area contributed by atoms with E-state index in [4.69, 9.17) is 10.00 Å². The van der Waals surface area contributed by atoms with Gasteiger partial charge in [-0.25, -0.2) is 0 Å². The van der Waals surface area contributed by atoms with Gasteiger partial charge in [-0.15, -0.1) is 0 Å². The van der Waals surface area contributed by atoms with Crippen molar-refractivity contribution in [1.82, 2.24) is 4.98 Å². The highest BCUT2D eigenvalue weighted by molar-refractivity contribution is 5.72. The number of rotatable bonds is 3. The molecular weight excluding hydrogens is 192 g/mol. The summed E-state index contributed by atoms with van der Waals surface area (Å²) in [5.41, 5.74) is 1.81. The number of carbonyl (C=O) groups excluding carboxylic acids is 1. The third-order valence-electron chi connectivity index (χ3n) is 1.84. The van der Waals surface area contributed by atoms with Crippen LogP contribution >= 0.6 is 0 Å². The van der Waals surface area contributed by atoms with E-state index in [0.717, 1.165) is 5.56 Å². The first kappa shape index (κ1) is 11.2. The number of hydrogen-bond donors (Lipinski definition) is 0. The van der Waals surface area contributed by atoms with Crippen molar-refractivity contribution in [3.05, 3.63) is 29.1 Å². The van der Waals surface area contributed by atoms with Gasteiger partial charge in [0.2, 0.25) is 0 Å². The van der Waals surface area contributed by atoms with E-state index in [1.165, 1.54) is 0 Å². The summed E-state index contributed by atoms with van der Waals surface area (Å²) in [6, 6.07) is 3.72. The molecule has 15 heavy (non-hydrogen) atoms. The Labute approximate surface area is 88.5 Å². The second-order valence-corrected chi connectivity index (χ2v) is 3.10. The maximum atomic E-state index is 11.2. The molecule has 1 heterocycles. The first-order chi connectivity index (χ1) is 7.17. The van der Waals surface area contributed by atoms with E-state index in [-0.39, 0.29) is 12.4 Å². The fourth-order valence-electron chi connectivity index (χ4n) is 1.18. The second-order valence-electron chi connectivity index (χ2n) is 3.10. The Morgan fingerprint density at radius 3 is 3.00 bits per heavy atom. The van der Waals surface area contributed by atoms with E-state index < -0.39 is 0 Å². The summed E-state index contributed by atoms with van der Waals surface area (Å²) in [5, 5.41) is 8.84. The minimum absolute atomic E-state index is 0.0526. The molecule has 4 heteroatoms. The van der Waals surface area contributed by atoms with Crippen LogP contribution in [0.5, 0.6) is 0 Å². The molecule has 4 nitrogen and oxygen atoms in total. The molecule has 0 atom stereocenters. The Morgan fingerprint density at radius 1 is 1.67 bits per heavy atom. The van der Waals surface area contributed by atoms with Crippen LogP contribution in [-0.2, 0) is 16.0 Å². The molecular formula is C11H12N2O2. The number of esters is 1. The molecule has 0 aliphatic heterocycles. The van der Waals surface area contributed by atoms with Crippen molar-refractivity contribution >= 4 is 5.97 Å². The Kier molecular flexibility index (Phi) is 3.81. The largest absolute Gasteiger partial charge is 0.466 e. The molecule has 0 aliphatic rings. The van der Waals surface area contributed by atoms with E-state index in [1.54, 1.807) is 19.2 Å². The zero-order valence-corrected chi connectivity index (χ0v) is 8.78. The van der Waals surface area contributed by atoms with Crippen molar-refractivity contribution in [2.75, 3.05) is 6.61 Å². The average molecular weight is 204 g/mol. The van der Waals surface area contributed by atoms with Gasteiger partial charge in [-0.1, -0.05) is 0 Å². The molecule has 0 saturated heterocycles. The first-order valence-electron chi connectivity index (χ1n) is 4.68. The number of aromatic nitrogens is 1. The number of ether oxygens (including phenoxy) is 1. The minimum atomic E-state index is -0.356. The number of pyridine rings is 1. The van der Waals surface area contributed by atoms with Gasteiger partial charge in [0.15, 0.2) is 0 Å². The zero-order valence-electron chi connectivity index (χ0n) is 8.78. The summed E-state index contributed by atoms with van der Waals surface area (Å²) in [7, 11) is 0. The smallest absolute Gasteiger partial charge is 0.311 e. The van der Waals surface area contributed by atoms with Crippen LogP contribution in [0.3, 0.4) is 0 Å². The standard InChI is InChI=1S/C11H12N2O2/c1-3-15-11(14)5-10-9(6-12)4-8(2)7-13-10/h4,7H,3,5H2,1-2H3. The highest BCUT2D eigenvalue weighted by Gasteiger charge is 2.10. The fourth-order valence-corrected chi connectivity index (χ4v) is 1.18. The fraction of sp³-hybridized carbons (Fsp3) is 0.364. The molecule has 1 aromatic rings. The summed E-state index contributed by atoms with van der Waals surface area (Å²) in [6.45, 7) is 3.93. The van der Waals surface area contributed by atoms with E-state index in [0.29, 0.717) is 17.9 Å². The average Bonchev–Trinajstić information content (AvgIpc) is 2.21. The van der Waals surface area contributed by atoms with Gasteiger partial charge in [0.25, 0.3) is 0 Å². The highest BCUT2D eigenvalue weighted by atomic mass is 16.5. The van der Waals surface area contributed by atoms with E-state index in [9.17, 15) is 4.79 Å². The maximum Gasteiger partial charge on any atom is 0.311 e. The third-order valence-corrected chi connectivity index (χ3v) is 1.84. The summed E-state index contributed by atoms with van der Waals surface area (Å²) >= 11 is 0. The van der Waals surface area contributed by atoms with Crippen molar-refractivity contribution < 1.29 is 9.53 Å². The van der Waals surface area contributed by atoms with Gasteiger partial charge in [0, 0.05) is 6.20 Å². The summed E-state index contributed by atoms with van der Waals surface area (Å²) in [4.78, 5) is 15.2. The summed E-state index contributed by atoms with van der Waals surface area (Å²) in [5.74, 6) is -0.356. The lowest BCUT2D eigenvalue weighted by Gasteiger charge is -2.03. The van der Waals surface area contributed by atoms with Gasteiger partial charge in [-0.2, -0.15) is 5.26 Å². The van der Waals surface area contributed by atoms with E-state index >= 15 is 0 Å². The number of nitriles is 1. The monoisotopic (exact) mass is 204 g/mol. The molecule has 0 bridgehead atoms. The van der Waals surface area contributed by atoms with Gasteiger partial charge < -0.3 is 4.74 Å². The van der Waals surface area contributed by atoms with Crippen molar-refractivity contribution in [3.63, 3.8) is 0 Å². The van der Waals surface area contributed by atoms with Crippen LogP contribution in [0.2, 0.25) is 0 Å². The maximum absolute atomic E-state index is 11.2. The van der Waals surface area contributed by atoms with Gasteiger partial charge in [-0.3, -0.25) is 9.78 Å². The summed E-state index contributed by atoms with van der Waals surface area (Å²) < 4.78 is 4.79. The van der Waals surface area contributed by atoms with Gasteiger partial charge in [0.05, 0.1) is 24.3 Å². The van der Waals surface area contributed by atoms with Gasteiger partial charge in [-0.05, 0) is 25.5 Å². The van der Waals surface area contributed by atoms with Gasteiger partial charge >= 0.3 is 5.97 Å². The molecule has 0 saturated carbocycles. The zero-order chi connectivity index (χ0) is 11.3. The molecule has 0 amide bonds. The quantitative estimate of drug-likeness (QED) is 0.697. The molecule has 0 N–H and O–H groups in total. The topological polar surface area (TPSA) is 63.0 Å².